The fourth-order valence-corrected chi connectivity index (χ4v) is 2.37. The Hall–Kier alpha value is -1.22. The van der Waals surface area contributed by atoms with Crippen molar-refractivity contribution in [3.05, 3.63) is 34.5 Å². The van der Waals surface area contributed by atoms with E-state index in [1.165, 1.54) is 12.5 Å². The lowest BCUT2D eigenvalue weighted by Gasteiger charge is -2.24. The molecule has 1 saturated carbocycles. The molecular weight excluding hydrogens is 239 g/mol. The largest absolute Gasteiger partial charge is 0.232 e. The molecule has 0 unspecified atom stereocenters. The highest BCUT2D eigenvalue weighted by molar-refractivity contribution is 6.34. The molecule has 1 fully saturated rings. The zero-order valence-corrected chi connectivity index (χ0v) is 10.3. The summed E-state index contributed by atoms with van der Waals surface area (Å²) in [4.78, 5) is 8.81. The van der Waals surface area contributed by atoms with Gasteiger partial charge in [-0.15, -0.1) is 0 Å². The standard InChI is InChI=1S/C13H12ClFN2/c1-7-10(15)6-5-9-11(7)16-13(17-12(9)14)8-3-2-4-8/h5-6,8H,2-4H2,1H3. The zero-order valence-electron chi connectivity index (χ0n) is 9.50. The van der Waals surface area contributed by atoms with E-state index < -0.39 is 0 Å². The number of rotatable bonds is 1. The average molecular weight is 251 g/mol. The first-order chi connectivity index (χ1) is 8.16. The van der Waals surface area contributed by atoms with Crippen LogP contribution in [0.2, 0.25) is 5.15 Å². The number of aromatic nitrogens is 2. The summed E-state index contributed by atoms with van der Waals surface area (Å²) in [6.07, 6.45) is 3.43. The van der Waals surface area contributed by atoms with E-state index in [9.17, 15) is 4.39 Å². The van der Waals surface area contributed by atoms with Crippen molar-refractivity contribution in [2.24, 2.45) is 0 Å². The van der Waals surface area contributed by atoms with Crippen LogP contribution in [0, 0.1) is 12.7 Å². The van der Waals surface area contributed by atoms with Crippen molar-refractivity contribution < 1.29 is 4.39 Å². The van der Waals surface area contributed by atoms with Gasteiger partial charge in [0.05, 0.1) is 5.52 Å². The van der Waals surface area contributed by atoms with Crippen LogP contribution < -0.4 is 0 Å². The second-order valence-corrected chi connectivity index (χ2v) is 4.93. The molecule has 1 aromatic carbocycles. The van der Waals surface area contributed by atoms with E-state index in [0.29, 0.717) is 22.2 Å². The van der Waals surface area contributed by atoms with Crippen molar-refractivity contribution in [2.45, 2.75) is 32.1 Å². The summed E-state index contributed by atoms with van der Waals surface area (Å²) in [5, 5.41) is 1.16. The Balaban J connectivity index is 2.25. The molecule has 0 aliphatic heterocycles. The van der Waals surface area contributed by atoms with Crippen molar-refractivity contribution in [3.63, 3.8) is 0 Å². The molecule has 1 aromatic heterocycles. The van der Waals surface area contributed by atoms with Gasteiger partial charge < -0.3 is 0 Å². The van der Waals surface area contributed by atoms with Crippen LogP contribution in [0.3, 0.4) is 0 Å². The zero-order chi connectivity index (χ0) is 12.0. The summed E-state index contributed by atoms with van der Waals surface area (Å²) in [6.45, 7) is 1.73. The number of nitrogens with zero attached hydrogens (tertiary/aromatic N) is 2. The smallest absolute Gasteiger partial charge is 0.140 e. The Kier molecular flexibility index (Phi) is 2.51. The summed E-state index contributed by atoms with van der Waals surface area (Å²) >= 11 is 6.14. The minimum Gasteiger partial charge on any atom is -0.232 e. The molecule has 0 radical (unpaired) electrons. The Morgan fingerprint density at radius 1 is 1.29 bits per heavy atom. The molecule has 0 atom stereocenters. The first-order valence-electron chi connectivity index (χ1n) is 5.79. The molecule has 0 N–H and O–H groups in total. The summed E-state index contributed by atoms with van der Waals surface area (Å²) in [6, 6.07) is 3.06. The van der Waals surface area contributed by atoms with Crippen molar-refractivity contribution in [1.82, 2.24) is 9.97 Å². The minimum atomic E-state index is -0.244. The second-order valence-electron chi connectivity index (χ2n) is 4.57. The van der Waals surface area contributed by atoms with Gasteiger partial charge in [-0.1, -0.05) is 18.0 Å². The van der Waals surface area contributed by atoms with E-state index in [1.54, 1.807) is 13.0 Å². The number of hydrogen-bond donors (Lipinski definition) is 0. The van der Waals surface area contributed by atoms with Crippen LogP contribution in [0.4, 0.5) is 4.39 Å². The second kappa shape index (κ2) is 3.91. The van der Waals surface area contributed by atoms with Gasteiger partial charge in [-0.2, -0.15) is 0 Å². The fourth-order valence-electron chi connectivity index (χ4n) is 2.14. The van der Waals surface area contributed by atoms with Gasteiger partial charge in [0.15, 0.2) is 0 Å². The first kappa shape index (κ1) is 10.9. The van der Waals surface area contributed by atoms with E-state index in [2.05, 4.69) is 9.97 Å². The normalized spacial score (nSPS) is 16.2. The third kappa shape index (κ3) is 1.69. The van der Waals surface area contributed by atoms with Gasteiger partial charge in [0.1, 0.15) is 16.8 Å². The highest BCUT2D eigenvalue weighted by Crippen LogP contribution is 2.36. The number of aryl methyl sites for hydroxylation is 1. The van der Waals surface area contributed by atoms with Crippen molar-refractivity contribution >= 4 is 22.5 Å². The summed E-state index contributed by atoms with van der Waals surface area (Å²) < 4.78 is 13.5. The van der Waals surface area contributed by atoms with Crippen LogP contribution in [0.1, 0.15) is 36.6 Å². The van der Waals surface area contributed by atoms with Gasteiger partial charge in [-0.05, 0) is 31.9 Å². The molecule has 17 heavy (non-hydrogen) atoms. The molecule has 2 aromatic rings. The predicted octanol–water partition coefficient (Wildman–Crippen LogP) is 4.00. The van der Waals surface area contributed by atoms with Crippen LogP contribution in [-0.4, -0.2) is 9.97 Å². The molecule has 1 aliphatic carbocycles. The Morgan fingerprint density at radius 3 is 2.71 bits per heavy atom. The topological polar surface area (TPSA) is 25.8 Å². The predicted molar refractivity (Wildman–Crippen MR) is 65.8 cm³/mol. The highest BCUT2D eigenvalue weighted by atomic mass is 35.5. The molecule has 88 valence electrons. The van der Waals surface area contributed by atoms with Gasteiger partial charge in [0.2, 0.25) is 0 Å². The monoisotopic (exact) mass is 250 g/mol. The molecule has 0 saturated heterocycles. The SMILES string of the molecule is Cc1c(F)ccc2c(Cl)nc(C3CCC3)nc12. The molecule has 4 heteroatoms. The van der Waals surface area contributed by atoms with Crippen LogP contribution in [0.15, 0.2) is 12.1 Å². The molecular formula is C13H12ClFN2. The van der Waals surface area contributed by atoms with E-state index >= 15 is 0 Å². The number of halogens is 2. The maximum Gasteiger partial charge on any atom is 0.140 e. The highest BCUT2D eigenvalue weighted by Gasteiger charge is 2.23. The molecule has 0 spiro atoms. The lowest BCUT2D eigenvalue weighted by atomic mass is 9.85. The van der Waals surface area contributed by atoms with Crippen LogP contribution >= 0.6 is 11.6 Å². The van der Waals surface area contributed by atoms with E-state index in [0.717, 1.165) is 24.1 Å². The molecule has 1 aliphatic rings. The third-order valence-electron chi connectivity index (χ3n) is 3.50. The van der Waals surface area contributed by atoms with Crippen molar-refractivity contribution in [1.29, 1.82) is 0 Å². The quantitative estimate of drug-likeness (QED) is 0.715. The van der Waals surface area contributed by atoms with Crippen LogP contribution in [-0.2, 0) is 0 Å². The minimum absolute atomic E-state index is 0.244. The van der Waals surface area contributed by atoms with Gasteiger partial charge in [0, 0.05) is 16.9 Å². The number of benzene rings is 1. The lowest BCUT2D eigenvalue weighted by Crippen LogP contribution is -2.13. The first-order valence-corrected chi connectivity index (χ1v) is 6.17. The molecule has 0 amide bonds. The van der Waals surface area contributed by atoms with Gasteiger partial charge in [-0.3, -0.25) is 0 Å². The van der Waals surface area contributed by atoms with Gasteiger partial charge in [-0.25, -0.2) is 14.4 Å². The average Bonchev–Trinajstić information content (AvgIpc) is 2.22. The summed E-state index contributed by atoms with van der Waals surface area (Å²) in [7, 11) is 0. The van der Waals surface area contributed by atoms with Crippen molar-refractivity contribution in [2.75, 3.05) is 0 Å². The van der Waals surface area contributed by atoms with E-state index in [4.69, 9.17) is 11.6 Å². The molecule has 2 nitrogen and oxygen atoms in total. The Morgan fingerprint density at radius 2 is 2.06 bits per heavy atom. The van der Waals surface area contributed by atoms with E-state index in [-0.39, 0.29) is 5.82 Å². The summed E-state index contributed by atoms with van der Waals surface area (Å²) in [5.74, 6) is 0.925. The van der Waals surface area contributed by atoms with E-state index in [1.807, 2.05) is 0 Å². The number of fused-ring (bicyclic) bond motifs is 1. The van der Waals surface area contributed by atoms with Crippen molar-refractivity contribution in [3.8, 4) is 0 Å². The van der Waals surface area contributed by atoms with Crippen LogP contribution in [0.5, 0.6) is 0 Å². The molecule has 3 rings (SSSR count). The number of hydrogen-bond acceptors (Lipinski definition) is 2. The van der Waals surface area contributed by atoms with Crippen LogP contribution in [0.25, 0.3) is 10.9 Å². The third-order valence-corrected chi connectivity index (χ3v) is 3.78. The van der Waals surface area contributed by atoms with Gasteiger partial charge in [0.25, 0.3) is 0 Å². The maximum absolute atomic E-state index is 13.5. The Labute approximate surface area is 104 Å². The lowest BCUT2D eigenvalue weighted by molar-refractivity contribution is 0.402. The maximum atomic E-state index is 13.5. The summed E-state index contributed by atoms with van der Waals surface area (Å²) in [5.41, 5.74) is 1.19. The Bertz CT molecular complexity index is 593. The fraction of sp³-hybridized carbons (Fsp3) is 0.385. The molecule has 0 bridgehead atoms. The van der Waals surface area contributed by atoms with Gasteiger partial charge >= 0.3 is 0 Å². The molecule has 1 heterocycles.